The third kappa shape index (κ3) is 4.11. The second-order valence-corrected chi connectivity index (χ2v) is 8.44. The summed E-state index contributed by atoms with van der Waals surface area (Å²) < 4.78 is 21.7. The Labute approximate surface area is 185 Å². The lowest BCUT2D eigenvalue weighted by molar-refractivity contribution is 0.102. The van der Waals surface area contributed by atoms with E-state index in [2.05, 4.69) is 26.1 Å². The van der Waals surface area contributed by atoms with E-state index in [1.165, 1.54) is 23.9 Å². The predicted octanol–water partition coefficient (Wildman–Crippen LogP) is 6.02. The van der Waals surface area contributed by atoms with Crippen LogP contribution < -0.4 is 0 Å². The van der Waals surface area contributed by atoms with Crippen LogP contribution in [0, 0.1) is 19.7 Å². The monoisotopic (exact) mass is 485 g/mol. The maximum Gasteiger partial charge on any atom is 0.277 e. The molecule has 0 atom stereocenters. The van der Waals surface area contributed by atoms with Crippen LogP contribution in [0.3, 0.4) is 0 Å². The number of halogens is 2. The number of carbonyl (C=O) groups excluding carboxylic acids is 1. The highest BCUT2D eigenvalue weighted by Crippen LogP contribution is 2.29. The Morgan fingerprint density at radius 3 is 2.60 bits per heavy atom. The zero-order valence-corrected chi connectivity index (χ0v) is 18.6. The largest absolute Gasteiger partial charge is 0.411 e. The van der Waals surface area contributed by atoms with Gasteiger partial charge < -0.3 is 8.98 Å². The van der Waals surface area contributed by atoms with Gasteiger partial charge in [-0.15, -0.1) is 10.2 Å². The number of carbonyl (C=O) groups is 1. The summed E-state index contributed by atoms with van der Waals surface area (Å²) in [5, 5.41) is 8.43. The smallest absolute Gasteiger partial charge is 0.277 e. The highest BCUT2D eigenvalue weighted by molar-refractivity contribution is 9.10. The van der Waals surface area contributed by atoms with Crippen LogP contribution in [-0.4, -0.2) is 26.3 Å². The molecule has 0 aliphatic heterocycles. The molecule has 152 valence electrons. The van der Waals surface area contributed by atoms with E-state index < -0.39 is 0 Å². The summed E-state index contributed by atoms with van der Waals surface area (Å²) in [7, 11) is 0. The number of hydrogen-bond acceptors (Lipinski definition) is 5. The molecule has 0 spiro atoms. The first-order valence-electron chi connectivity index (χ1n) is 9.13. The number of benzene rings is 2. The van der Waals surface area contributed by atoms with Crippen LogP contribution in [0.1, 0.15) is 21.7 Å². The van der Waals surface area contributed by atoms with Crippen molar-refractivity contribution >= 4 is 33.5 Å². The van der Waals surface area contributed by atoms with E-state index in [1.54, 1.807) is 12.1 Å². The normalized spacial score (nSPS) is 11.1. The molecular weight excluding hydrogens is 469 g/mol. The van der Waals surface area contributed by atoms with E-state index in [9.17, 15) is 9.18 Å². The molecule has 2 heterocycles. The van der Waals surface area contributed by atoms with Crippen molar-refractivity contribution in [1.29, 1.82) is 0 Å². The molecule has 2 aromatic heterocycles. The fourth-order valence-corrected chi connectivity index (χ4v) is 4.35. The van der Waals surface area contributed by atoms with Gasteiger partial charge in [-0.2, -0.15) is 0 Å². The molecule has 30 heavy (non-hydrogen) atoms. The topological polar surface area (TPSA) is 60.9 Å². The third-order valence-electron chi connectivity index (χ3n) is 4.65. The maximum atomic E-state index is 13.2. The van der Waals surface area contributed by atoms with Crippen molar-refractivity contribution in [2.24, 2.45) is 0 Å². The van der Waals surface area contributed by atoms with Gasteiger partial charge >= 0.3 is 0 Å². The van der Waals surface area contributed by atoms with Gasteiger partial charge in [0.25, 0.3) is 5.22 Å². The lowest BCUT2D eigenvalue weighted by Crippen LogP contribution is -2.05. The van der Waals surface area contributed by atoms with Gasteiger partial charge in [0.1, 0.15) is 5.82 Å². The Morgan fingerprint density at radius 1 is 1.13 bits per heavy atom. The van der Waals surface area contributed by atoms with Crippen LogP contribution >= 0.6 is 27.7 Å². The van der Waals surface area contributed by atoms with Gasteiger partial charge in [0.15, 0.2) is 5.78 Å². The molecule has 0 unspecified atom stereocenters. The van der Waals surface area contributed by atoms with E-state index in [4.69, 9.17) is 4.42 Å². The number of aromatic nitrogens is 3. The number of nitrogens with zero attached hydrogens (tertiary/aromatic N) is 3. The van der Waals surface area contributed by atoms with Crippen LogP contribution in [0.5, 0.6) is 0 Å². The SMILES string of the molecule is Cc1cc(C(=O)CSc2nnc(-c3ccccc3Br)o2)c(C)n1-c1ccc(F)cc1. The molecule has 5 nitrogen and oxygen atoms in total. The van der Waals surface area contributed by atoms with Gasteiger partial charge in [0.2, 0.25) is 5.89 Å². The van der Waals surface area contributed by atoms with E-state index in [-0.39, 0.29) is 17.4 Å². The van der Waals surface area contributed by atoms with Crippen molar-refractivity contribution in [1.82, 2.24) is 14.8 Å². The quantitative estimate of drug-likeness (QED) is 0.246. The first kappa shape index (κ1) is 20.6. The molecule has 2 aromatic carbocycles. The molecule has 4 rings (SSSR count). The van der Waals surface area contributed by atoms with Crippen molar-refractivity contribution in [2.75, 3.05) is 5.75 Å². The lowest BCUT2D eigenvalue weighted by atomic mass is 10.2. The first-order chi connectivity index (χ1) is 14.4. The van der Waals surface area contributed by atoms with Crippen LogP contribution in [0.4, 0.5) is 4.39 Å². The number of hydrogen-bond donors (Lipinski definition) is 0. The van der Waals surface area contributed by atoms with Crippen molar-refractivity contribution in [3.63, 3.8) is 0 Å². The molecule has 0 bridgehead atoms. The minimum Gasteiger partial charge on any atom is -0.411 e. The fourth-order valence-electron chi connectivity index (χ4n) is 3.25. The van der Waals surface area contributed by atoms with Gasteiger partial charge in [0.05, 0.1) is 11.3 Å². The molecule has 0 fully saturated rings. The molecule has 0 saturated carbocycles. The zero-order chi connectivity index (χ0) is 21.3. The summed E-state index contributed by atoms with van der Waals surface area (Å²) in [5.74, 6) is 0.232. The Balaban J connectivity index is 1.50. The lowest BCUT2D eigenvalue weighted by Gasteiger charge is -2.09. The summed E-state index contributed by atoms with van der Waals surface area (Å²) in [5.41, 5.74) is 3.94. The number of ketones is 1. The van der Waals surface area contributed by atoms with Crippen molar-refractivity contribution in [3.05, 3.63) is 81.8 Å². The second kappa shape index (κ2) is 8.57. The van der Waals surface area contributed by atoms with Gasteiger partial charge in [-0.1, -0.05) is 23.9 Å². The number of thioether (sulfide) groups is 1. The summed E-state index contributed by atoms with van der Waals surface area (Å²) >= 11 is 4.67. The highest BCUT2D eigenvalue weighted by atomic mass is 79.9. The van der Waals surface area contributed by atoms with Gasteiger partial charge in [0, 0.05) is 27.1 Å². The number of aryl methyl sites for hydroxylation is 1. The summed E-state index contributed by atoms with van der Waals surface area (Å²) in [6, 6.07) is 15.6. The summed E-state index contributed by atoms with van der Waals surface area (Å²) in [6.07, 6.45) is 0. The molecule has 0 radical (unpaired) electrons. The van der Waals surface area contributed by atoms with Gasteiger partial charge in [-0.25, -0.2) is 4.39 Å². The van der Waals surface area contributed by atoms with Crippen LogP contribution in [0.15, 0.2) is 68.7 Å². The Bertz CT molecular complexity index is 1220. The standard InChI is InChI=1S/C22H17BrFN3O2S/c1-13-11-18(14(2)27(13)16-9-7-15(24)8-10-16)20(28)12-30-22-26-25-21(29-22)17-5-3-4-6-19(17)23/h3-11H,12H2,1-2H3. The molecule has 8 heteroatoms. The molecule has 0 aliphatic rings. The third-order valence-corrected chi connectivity index (χ3v) is 6.16. The van der Waals surface area contributed by atoms with Crippen molar-refractivity contribution < 1.29 is 13.6 Å². The molecule has 0 saturated heterocycles. The Kier molecular flexibility index (Phi) is 5.87. The molecule has 0 amide bonds. The minimum atomic E-state index is -0.296. The van der Waals surface area contributed by atoms with Gasteiger partial charge in [-0.05, 0) is 72.2 Å². The van der Waals surface area contributed by atoms with Gasteiger partial charge in [-0.3, -0.25) is 4.79 Å². The minimum absolute atomic E-state index is 0.0397. The summed E-state index contributed by atoms with van der Waals surface area (Å²) in [6.45, 7) is 3.80. The van der Waals surface area contributed by atoms with E-state index in [1.807, 2.05) is 48.7 Å². The zero-order valence-electron chi connectivity index (χ0n) is 16.2. The van der Waals surface area contributed by atoms with Crippen molar-refractivity contribution in [2.45, 2.75) is 19.1 Å². The van der Waals surface area contributed by atoms with E-state index >= 15 is 0 Å². The molecular formula is C22H17BrFN3O2S. The first-order valence-corrected chi connectivity index (χ1v) is 10.9. The Morgan fingerprint density at radius 2 is 1.87 bits per heavy atom. The molecule has 0 aliphatic carbocycles. The van der Waals surface area contributed by atoms with Crippen LogP contribution in [-0.2, 0) is 0 Å². The van der Waals surface area contributed by atoms with Crippen LogP contribution in [0.2, 0.25) is 0 Å². The average Bonchev–Trinajstić information content (AvgIpc) is 3.32. The number of rotatable bonds is 6. The maximum absolute atomic E-state index is 13.2. The highest BCUT2D eigenvalue weighted by Gasteiger charge is 2.19. The molecule has 4 aromatic rings. The Hall–Kier alpha value is -2.71. The fraction of sp³-hybridized carbons (Fsp3) is 0.136. The van der Waals surface area contributed by atoms with Crippen molar-refractivity contribution in [3.8, 4) is 17.1 Å². The van der Waals surface area contributed by atoms with E-state index in [0.29, 0.717) is 16.7 Å². The van der Waals surface area contributed by atoms with E-state index in [0.717, 1.165) is 27.1 Å². The average molecular weight is 486 g/mol. The predicted molar refractivity (Wildman–Crippen MR) is 118 cm³/mol. The second-order valence-electron chi connectivity index (χ2n) is 6.66. The molecule has 0 N–H and O–H groups in total. The van der Waals surface area contributed by atoms with Crippen LogP contribution in [0.25, 0.3) is 17.1 Å². The number of Topliss-reactive ketones (excluding diaryl/α,β-unsaturated/α-hetero) is 1. The summed E-state index contributed by atoms with van der Waals surface area (Å²) in [4.78, 5) is 12.8.